The van der Waals surface area contributed by atoms with E-state index in [1.165, 1.54) is 0 Å². The molecule has 0 fully saturated rings. The van der Waals surface area contributed by atoms with Gasteiger partial charge in [0.1, 0.15) is 5.75 Å². The summed E-state index contributed by atoms with van der Waals surface area (Å²) in [5, 5.41) is 12.0. The zero-order valence-corrected chi connectivity index (χ0v) is 14.5. The molecule has 0 spiro atoms. The molecule has 25 heavy (non-hydrogen) atoms. The van der Waals surface area contributed by atoms with Crippen LogP contribution >= 0.6 is 11.6 Å². The predicted octanol–water partition coefficient (Wildman–Crippen LogP) is 3.44. The molecule has 2 aromatic rings. The summed E-state index contributed by atoms with van der Waals surface area (Å²) in [6, 6.07) is 14.6. The molecule has 0 aliphatic rings. The number of carbonyl (C=O) groups is 2. The summed E-state index contributed by atoms with van der Waals surface area (Å²) < 4.78 is 5.46. The highest BCUT2D eigenvalue weighted by Crippen LogP contribution is 2.13. The van der Waals surface area contributed by atoms with Crippen LogP contribution in [0.5, 0.6) is 5.75 Å². The molecule has 1 amide bonds. The molecular weight excluding hydrogens is 342 g/mol. The molecule has 0 atom stereocenters. The Morgan fingerprint density at radius 2 is 1.84 bits per heavy atom. The molecule has 6 heteroatoms. The van der Waals surface area contributed by atoms with Crippen molar-refractivity contribution >= 4 is 23.5 Å². The van der Waals surface area contributed by atoms with Gasteiger partial charge in [0.05, 0.1) is 13.0 Å². The maximum Gasteiger partial charge on any atom is 0.303 e. The number of carboxylic acids is 1. The number of nitrogens with one attached hydrogen (secondary N) is 1. The number of carboxylic acid groups (broad SMARTS) is 1. The first-order valence-corrected chi connectivity index (χ1v) is 8.35. The van der Waals surface area contributed by atoms with Gasteiger partial charge in [-0.15, -0.1) is 0 Å². The van der Waals surface area contributed by atoms with E-state index in [0.29, 0.717) is 30.3 Å². The number of hydrogen-bond acceptors (Lipinski definition) is 3. The fraction of sp³-hybridized carbons (Fsp3) is 0.263. The van der Waals surface area contributed by atoms with Crippen LogP contribution in [0.25, 0.3) is 0 Å². The third-order valence-electron chi connectivity index (χ3n) is 3.47. The van der Waals surface area contributed by atoms with Gasteiger partial charge in [0.15, 0.2) is 0 Å². The zero-order valence-electron chi connectivity index (χ0n) is 13.7. The number of benzene rings is 2. The Bertz CT molecular complexity index is 716. The lowest BCUT2D eigenvalue weighted by Crippen LogP contribution is -2.24. The number of aliphatic carboxylic acids is 1. The van der Waals surface area contributed by atoms with Crippen LogP contribution in [0.1, 0.15) is 24.0 Å². The van der Waals surface area contributed by atoms with Crippen LogP contribution in [0.15, 0.2) is 48.5 Å². The van der Waals surface area contributed by atoms with Crippen molar-refractivity contribution in [3.8, 4) is 5.75 Å². The monoisotopic (exact) mass is 361 g/mol. The molecular formula is C19H20ClNO4. The van der Waals surface area contributed by atoms with Crippen LogP contribution in [0, 0.1) is 0 Å². The minimum absolute atomic E-state index is 0.0729. The smallest absolute Gasteiger partial charge is 0.303 e. The summed E-state index contributed by atoms with van der Waals surface area (Å²) >= 11 is 5.90. The normalized spacial score (nSPS) is 10.3. The van der Waals surface area contributed by atoms with Gasteiger partial charge in [-0.25, -0.2) is 0 Å². The third-order valence-corrected chi connectivity index (χ3v) is 3.71. The van der Waals surface area contributed by atoms with Crippen molar-refractivity contribution in [2.45, 2.75) is 25.8 Å². The zero-order chi connectivity index (χ0) is 18.1. The Morgan fingerprint density at radius 1 is 1.08 bits per heavy atom. The fourth-order valence-electron chi connectivity index (χ4n) is 2.21. The summed E-state index contributed by atoms with van der Waals surface area (Å²) in [5.74, 6) is -0.219. The number of hydrogen-bond donors (Lipinski definition) is 2. The first-order chi connectivity index (χ1) is 12.0. The molecule has 0 aliphatic heterocycles. The van der Waals surface area contributed by atoms with Gasteiger partial charge < -0.3 is 15.2 Å². The number of rotatable bonds is 9. The Balaban J connectivity index is 1.73. The lowest BCUT2D eigenvalue weighted by Gasteiger charge is -2.08. The number of halogens is 1. The van der Waals surface area contributed by atoms with Crippen LogP contribution < -0.4 is 10.1 Å². The van der Waals surface area contributed by atoms with E-state index in [9.17, 15) is 9.59 Å². The summed E-state index contributed by atoms with van der Waals surface area (Å²) in [5.41, 5.74) is 1.83. The van der Waals surface area contributed by atoms with Crippen LogP contribution in [-0.4, -0.2) is 23.6 Å². The van der Waals surface area contributed by atoms with E-state index in [0.717, 1.165) is 11.1 Å². The Labute approximate surface area is 151 Å². The quantitative estimate of drug-likeness (QED) is 0.671. The second-order valence-corrected chi connectivity index (χ2v) is 6.01. The average molecular weight is 362 g/mol. The van der Waals surface area contributed by atoms with Gasteiger partial charge in [-0.2, -0.15) is 0 Å². The highest BCUT2D eigenvalue weighted by Gasteiger charge is 2.04. The highest BCUT2D eigenvalue weighted by atomic mass is 35.5. The van der Waals surface area contributed by atoms with Gasteiger partial charge in [-0.1, -0.05) is 35.9 Å². The van der Waals surface area contributed by atoms with Gasteiger partial charge in [-0.3, -0.25) is 9.59 Å². The molecule has 0 aromatic heterocycles. The molecule has 0 heterocycles. The number of amides is 1. The van der Waals surface area contributed by atoms with Crippen molar-refractivity contribution in [2.75, 3.05) is 6.61 Å². The highest BCUT2D eigenvalue weighted by molar-refractivity contribution is 6.30. The second-order valence-electron chi connectivity index (χ2n) is 5.57. The number of ether oxygens (including phenoxy) is 1. The molecule has 5 nitrogen and oxygen atoms in total. The van der Waals surface area contributed by atoms with E-state index < -0.39 is 5.97 Å². The lowest BCUT2D eigenvalue weighted by atomic mass is 10.1. The Morgan fingerprint density at radius 3 is 2.52 bits per heavy atom. The van der Waals surface area contributed by atoms with Gasteiger partial charge in [-0.05, 0) is 41.8 Å². The lowest BCUT2D eigenvalue weighted by molar-refractivity contribution is -0.137. The fourth-order valence-corrected chi connectivity index (χ4v) is 2.43. The molecule has 0 radical (unpaired) electrons. The van der Waals surface area contributed by atoms with E-state index in [2.05, 4.69) is 5.32 Å². The van der Waals surface area contributed by atoms with Crippen molar-refractivity contribution in [2.24, 2.45) is 0 Å². The van der Waals surface area contributed by atoms with Gasteiger partial charge in [0, 0.05) is 18.0 Å². The molecule has 0 saturated carbocycles. The van der Waals surface area contributed by atoms with E-state index in [1.54, 1.807) is 24.3 Å². The van der Waals surface area contributed by atoms with Gasteiger partial charge >= 0.3 is 5.97 Å². The predicted molar refractivity (Wildman–Crippen MR) is 95.8 cm³/mol. The standard InChI is InChI=1S/C19H20ClNO4/c20-16-4-1-3-15(11-16)12-18(22)21-13-14-6-8-17(9-7-14)25-10-2-5-19(23)24/h1,3-4,6-9,11H,2,5,10,12-13H2,(H,21,22)(H,23,24). The molecule has 0 saturated heterocycles. The molecule has 2 rings (SSSR count). The topological polar surface area (TPSA) is 75.6 Å². The Kier molecular flexibility index (Phi) is 7.29. The van der Waals surface area contributed by atoms with Crippen LogP contribution in [-0.2, 0) is 22.6 Å². The van der Waals surface area contributed by atoms with Crippen LogP contribution in [0.3, 0.4) is 0 Å². The SMILES string of the molecule is O=C(O)CCCOc1ccc(CNC(=O)Cc2cccc(Cl)c2)cc1. The molecule has 0 unspecified atom stereocenters. The van der Waals surface area contributed by atoms with Gasteiger partial charge in [0.2, 0.25) is 5.91 Å². The maximum atomic E-state index is 12.0. The molecule has 2 N–H and O–H groups in total. The summed E-state index contributed by atoms with van der Waals surface area (Å²) in [4.78, 5) is 22.4. The minimum Gasteiger partial charge on any atom is -0.494 e. The van der Waals surface area contributed by atoms with Crippen molar-refractivity contribution in [3.05, 3.63) is 64.7 Å². The van der Waals surface area contributed by atoms with Crippen molar-refractivity contribution in [1.29, 1.82) is 0 Å². The number of carbonyl (C=O) groups excluding carboxylic acids is 1. The molecule has 0 bridgehead atoms. The van der Waals surface area contributed by atoms with Crippen molar-refractivity contribution in [3.63, 3.8) is 0 Å². The van der Waals surface area contributed by atoms with Crippen LogP contribution in [0.2, 0.25) is 5.02 Å². The van der Waals surface area contributed by atoms with E-state index in [4.69, 9.17) is 21.4 Å². The van der Waals surface area contributed by atoms with E-state index in [-0.39, 0.29) is 18.7 Å². The first kappa shape index (κ1) is 18.8. The first-order valence-electron chi connectivity index (χ1n) is 7.97. The largest absolute Gasteiger partial charge is 0.494 e. The average Bonchev–Trinajstić information content (AvgIpc) is 2.58. The third kappa shape index (κ3) is 7.27. The Hall–Kier alpha value is -2.53. The second kappa shape index (κ2) is 9.69. The summed E-state index contributed by atoms with van der Waals surface area (Å²) in [7, 11) is 0. The summed E-state index contributed by atoms with van der Waals surface area (Å²) in [6.45, 7) is 0.792. The van der Waals surface area contributed by atoms with E-state index >= 15 is 0 Å². The van der Waals surface area contributed by atoms with Crippen molar-refractivity contribution in [1.82, 2.24) is 5.32 Å². The van der Waals surface area contributed by atoms with E-state index in [1.807, 2.05) is 24.3 Å². The minimum atomic E-state index is -0.826. The van der Waals surface area contributed by atoms with Crippen LogP contribution in [0.4, 0.5) is 0 Å². The van der Waals surface area contributed by atoms with Crippen molar-refractivity contribution < 1.29 is 19.4 Å². The van der Waals surface area contributed by atoms with Gasteiger partial charge in [0.25, 0.3) is 0 Å². The summed E-state index contributed by atoms with van der Waals surface area (Å²) in [6.07, 6.45) is 0.846. The molecule has 2 aromatic carbocycles. The maximum absolute atomic E-state index is 12.0. The molecule has 132 valence electrons. The molecule has 0 aliphatic carbocycles.